The van der Waals surface area contributed by atoms with Crippen molar-refractivity contribution in [1.29, 1.82) is 0 Å². The van der Waals surface area contributed by atoms with Crippen molar-refractivity contribution in [2.75, 3.05) is 46.9 Å². The minimum absolute atomic E-state index is 0.0851. The number of carbonyl (C=O) groups is 1. The van der Waals surface area contributed by atoms with Gasteiger partial charge in [0.25, 0.3) is 5.91 Å². The average Bonchev–Trinajstić information content (AvgIpc) is 2.72. The van der Waals surface area contributed by atoms with E-state index in [2.05, 4.69) is 4.90 Å². The molecule has 1 fully saturated rings. The van der Waals surface area contributed by atoms with Crippen LogP contribution in [0.25, 0.3) is 0 Å². The summed E-state index contributed by atoms with van der Waals surface area (Å²) in [6, 6.07) is 12.2. The molecule has 1 aliphatic rings. The zero-order valence-corrected chi connectivity index (χ0v) is 15.8. The first kappa shape index (κ1) is 19.2. The van der Waals surface area contributed by atoms with E-state index in [1.165, 1.54) is 6.07 Å². The molecule has 0 unspecified atom stereocenters. The van der Waals surface area contributed by atoms with Crippen LogP contribution in [0.5, 0.6) is 11.5 Å². The van der Waals surface area contributed by atoms with Gasteiger partial charge in [-0.1, -0.05) is 24.3 Å². The first-order valence-corrected chi connectivity index (χ1v) is 9.10. The lowest BCUT2D eigenvalue weighted by Crippen LogP contribution is -2.49. The van der Waals surface area contributed by atoms with Gasteiger partial charge in [-0.25, -0.2) is 4.39 Å². The highest BCUT2D eigenvalue weighted by Crippen LogP contribution is 2.29. The molecule has 0 N–H and O–H groups in total. The predicted molar refractivity (Wildman–Crippen MR) is 102 cm³/mol. The van der Waals surface area contributed by atoms with Crippen LogP contribution in [0.2, 0.25) is 0 Å². The number of amides is 1. The molecule has 1 saturated heterocycles. The largest absolute Gasteiger partial charge is 0.496 e. The highest BCUT2D eigenvalue weighted by Gasteiger charge is 2.27. The molecule has 6 heteroatoms. The van der Waals surface area contributed by atoms with Gasteiger partial charge in [0, 0.05) is 32.7 Å². The van der Waals surface area contributed by atoms with Crippen LogP contribution in [-0.4, -0.2) is 62.7 Å². The zero-order valence-electron chi connectivity index (χ0n) is 15.8. The van der Waals surface area contributed by atoms with E-state index in [9.17, 15) is 9.18 Å². The van der Waals surface area contributed by atoms with Crippen molar-refractivity contribution in [3.05, 3.63) is 59.4 Å². The third-order valence-corrected chi connectivity index (χ3v) is 4.96. The first-order valence-electron chi connectivity index (χ1n) is 9.10. The van der Waals surface area contributed by atoms with Crippen LogP contribution in [0.3, 0.4) is 0 Å². The fourth-order valence-electron chi connectivity index (χ4n) is 3.37. The summed E-state index contributed by atoms with van der Waals surface area (Å²) in [7, 11) is 3.10. The van der Waals surface area contributed by atoms with E-state index < -0.39 is 0 Å². The fourth-order valence-corrected chi connectivity index (χ4v) is 3.37. The summed E-state index contributed by atoms with van der Waals surface area (Å²) in [5, 5.41) is 0. The van der Waals surface area contributed by atoms with E-state index in [4.69, 9.17) is 9.47 Å². The Hall–Kier alpha value is -2.60. The smallest absolute Gasteiger partial charge is 0.261 e. The molecule has 1 heterocycles. The van der Waals surface area contributed by atoms with Gasteiger partial charge in [0.05, 0.1) is 14.2 Å². The molecular formula is C21H25FN2O3. The highest BCUT2D eigenvalue weighted by molar-refractivity contribution is 5.99. The SMILES string of the molecule is COc1cccc(OC)c1C(=O)N1CCN(CCc2ccccc2F)CC1. The molecular weight excluding hydrogens is 347 g/mol. The predicted octanol–water partition coefficient (Wildman–Crippen LogP) is 2.84. The molecule has 0 atom stereocenters. The molecule has 0 bridgehead atoms. The van der Waals surface area contributed by atoms with Gasteiger partial charge in [0.2, 0.25) is 0 Å². The van der Waals surface area contributed by atoms with Gasteiger partial charge in [-0.3, -0.25) is 9.69 Å². The van der Waals surface area contributed by atoms with Gasteiger partial charge in [0.15, 0.2) is 0 Å². The van der Waals surface area contributed by atoms with Crippen LogP contribution in [0.15, 0.2) is 42.5 Å². The summed E-state index contributed by atoms with van der Waals surface area (Å²) in [5.41, 5.74) is 1.19. The van der Waals surface area contributed by atoms with Crippen molar-refractivity contribution in [3.8, 4) is 11.5 Å². The summed E-state index contributed by atoms with van der Waals surface area (Å²) in [4.78, 5) is 17.1. The number of hydrogen-bond acceptors (Lipinski definition) is 4. The van der Waals surface area contributed by atoms with Gasteiger partial charge < -0.3 is 14.4 Å². The van der Waals surface area contributed by atoms with Gasteiger partial charge in [-0.15, -0.1) is 0 Å². The molecule has 1 amide bonds. The van der Waals surface area contributed by atoms with Crippen molar-refractivity contribution in [2.45, 2.75) is 6.42 Å². The number of halogens is 1. The van der Waals surface area contributed by atoms with Crippen LogP contribution in [0.4, 0.5) is 4.39 Å². The maximum absolute atomic E-state index is 13.7. The van der Waals surface area contributed by atoms with E-state index in [0.29, 0.717) is 36.6 Å². The molecule has 0 radical (unpaired) electrons. The van der Waals surface area contributed by atoms with Crippen LogP contribution < -0.4 is 9.47 Å². The Bertz CT molecular complexity index is 766. The molecule has 27 heavy (non-hydrogen) atoms. The standard InChI is InChI=1S/C21H25FN2O3/c1-26-18-8-5-9-19(27-2)20(18)21(25)24-14-12-23(13-15-24)11-10-16-6-3-4-7-17(16)22/h3-9H,10-15H2,1-2H3. The van der Waals surface area contributed by atoms with Crippen LogP contribution in [0.1, 0.15) is 15.9 Å². The maximum atomic E-state index is 13.7. The van der Waals surface area contributed by atoms with Crippen LogP contribution in [0, 0.1) is 5.82 Å². The lowest BCUT2D eigenvalue weighted by Gasteiger charge is -2.35. The minimum Gasteiger partial charge on any atom is -0.496 e. The summed E-state index contributed by atoms with van der Waals surface area (Å²) < 4.78 is 24.4. The van der Waals surface area contributed by atoms with Crippen LogP contribution >= 0.6 is 0 Å². The van der Waals surface area contributed by atoms with Crippen molar-refractivity contribution in [2.24, 2.45) is 0 Å². The Kier molecular flexibility index (Phi) is 6.29. The monoisotopic (exact) mass is 372 g/mol. The third kappa shape index (κ3) is 4.39. The molecule has 144 valence electrons. The van der Waals surface area contributed by atoms with E-state index in [0.717, 1.165) is 25.2 Å². The summed E-state index contributed by atoms with van der Waals surface area (Å²) in [6.45, 7) is 3.55. The number of hydrogen-bond donors (Lipinski definition) is 0. The van der Waals surface area contributed by atoms with Gasteiger partial charge in [0.1, 0.15) is 22.9 Å². The summed E-state index contributed by atoms with van der Waals surface area (Å²) >= 11 is 0. The van der Waals surface area contributed by atoms with Crippen LogP contribution in [-0.2, 0) is 6.42 Å². The number of methoxy groups -OCH3 is 2. The lowest BCUT2D eigenvalue weighted by atomic mass is 10.1. The molecule has 2 aromatic carbocycles. The normalized spacial score (nSPS) is 14.9. The second kappa shape index (κ2) is 8.86. The number of nitrogens with zero attached hydrogens (tertiary/aromatic N) is 2. The van der Waals surface area contributed by atoms with E-state index in [1.54, 1.807) is 38.5 Å². The molecule has 2 aromatic rings. The van der Waals surface area contributed by atoms with E-state index in [1.807, 2.05) is 17.0 Å². The van der Waals surface area contributed by atoms with Gasteiger partial charge >= 0.3 is 0 Å². The molecule has 5 nitrogen and oxygen atoms in total. The van der Waals surface area contributed by atoms with Crippen molar-refractivity contribution >= 4 is 5.91 Å². The molecule has 1 aliphatic heterocycles. The molecule has 3 rings (SSSR count). The number of benzene rings is 2. The minimum atomic E-state index is -0.158. The first-order chi connectivity index (χ1) is 13.1. The lowest BCUT2D eigenvalue weighted by molar-refractivity contribution is 0.0631. The van der Waals surface area contributed by atoms with E-state index >= 15 is 0 Å². The summed E-state index contributed by atoms with van der Waals surface area (Å²) in [6.07, 6.45) is 0.668. The molecule has 0 aromatic heterocycles. The Morgan fingerprint density at radius 1 is 0.963 bits per heavy atom. The number of rotatable bonds is 6. The fraction of sp³-hybridized carbons (Fsp3) is 0.381. The van der Waals surface area contributed by atoms with Gasteiger partial charge in [-0.05, 0) is 30.2 Å². The van der Waals surface area contributed by atoms with Crippen molar-refractivity contribution < 1.29 is 18.7 Å². The Labute approximate surface area is 159 Å². The summed E-state index contributed by atoms with van der Waals surface area (Å²) in [5.74, 6) is 0.787. The number of piperazine rings is 1. The second-order valence-electron chi connectivity index (χ2n) is 6.51. The Morgan fingerprint density at radius 2 is 1.59 bits per heavy atom. The van der Waals surface area contributed by atoms with Crippen molar-refractivity contribution in [1.82, 2.24) is 9.80 Å². The Morgan fingerprint density at radius 3 is 2.19 bits per heavy atom. The Balaban J connectivity index is 1.59. The second-order valence-corrected chi connectivity index (χ2v) is 6.51. The molecule has 0 spiro atoms. The topological polar surface area (TPSA) is 42.0 Å². The average molecular weight is 372 g/mol. The van der Waals surface area contributed by atoms with Crippen molar-refractivity contribution in [3.63, 3.8) is 0 Å². The quantitative estimate of drug-likeness (QED) is 0.782. The number of carbonyl (C=O) groups excluding carboxylic acids is 1. The number of ether oxygens (including phenoxy) is 2. The zero-order chi connectivity index (χ0) is 19.2. The van der Waals surface area contributed by atoms with Gasteiger partial charge in [-0.2, -0.15) is 0 Å². The maximum Gasteiger partial charge on any atom is 0.261 e. The molecule has 0 aliphatic carbocycles. The van der Waals surface area contributed by atoms with E-state index in [-0.39, 0.29) is 11.7 Å². The molecule has 0 saturated carbocycles. The highest BCUT2D eigenvalue weighted by atomic mass is 19.1. The third-order valence-electron chi connectivity index (χ3n) is 4.96.